The fraction of sp³-hybridized carbons (Fsp3) is 0.312. The van der Waals surface area contributed by atoms with E-state index >= 15 is 0 Å². The van der Waals surface area contributed by atoms with Crippen molar-refractivity contribution in [3.8, 4) is 0 Å². The van der Waals surface area contributed by atoms with Crippen LogP contribution in [0.3, 0.4) is 0 Å². The summed E-state index contributed by atoms with van der Waals surface area (Å²) in [4.78, 5) is 30.5. The van der Waals surface area contributed by atoms with E-state index < -0.39 is 0 Å². The molecular formula is C16H17N3O2S. The number of thiazole rings is 1. The van der Waals surface area contributed by atoms with E-state index in [2.05, 4.69) is 10.3 Å². The van der Waals surface area contributed by atoms with Crippen molar-refractivity contribution in [1.82, 2.24) is 9.88 Å². The lowest BCUT2D eigenvalue weighted by molar-refractivity contribution is -0.121. The number of carbonyl (C=O) groups is 2. The van der Waals surface area contributed by atoms with Crippen LogP contribution < -0.4 is 5.32 Å². The lowest BCUT2D eigenvalue weighted by Gasteiger charge is -2.31. The lowest BCUT2D eigenvalue weighted by Crippen LogP contribution is -2.43. The number of benzene rings is 1. The SMILES string of the molecule is O=C(Nc1ccccc1)[C@H]1CCCN(C(=O)c2cscn2)C1. The molecule has 6 heteroatoms. The summed E-state index contributed by atoms with van der Waals surface area (Å²) in [6, 6.07) is 9.39. The molecule has 2 amide bonds. The summed E-state index contributed by atoms with van der Waals surface area (Å²) in [5.41, 5.74) is 2.90. The van der Waals surface area contributed by atoms with Gasteiger partial charge in [0.15, 0.2) is 0 Å². The minimum atomic E-state index is -0.170. The molecule has 1 N–H and O–H groups in total. The number of carbonyl (C=O) groups excluding carboxylic acids is 2. The number of hydrogen-bond donors (Lipinski definition) is 1. The number of nitrogens with one attached hydrogen (secondary N) is 1. The molecule has 0 radical (unpaired) electrons. The molecule has 1 aliphatic rings. The Bertz CT molecular complexity index is 643. The summed E-state index contributed by atoms with van der Waals surface area (Å²) < 4.78 is 0. The monoisotopic (exact) mass is 315 g/mol. The van der Waals surface area contributed by atoms with Gasteiger partial charge in [0.25, 0.3) is 5.91 Å². The van der Waals surface area contributed by atoms with Crippen molar-refractivity contribution >= 4 is 28.8 Å². The Balaban J connectivity index is 1.63. The molecule has 0 aliphatic carbocycles. The van der Waals surface area contributed by atoms with Crippen LogP contribution in [0.2, 0.25) is 0 Å². The third-order valence-electron chi connectivity index (χ3n) is 3.77. The zero-order valence-corrected chi connectivity index (χ0v) is 12.9. The van der Waals surface area contributed by atoms with Gasteiger partial charge in [-0.3, -0.25) is 9.59 Å². The summed E-state index contributed by atoms with van der Waals surface area (Å²) in [6.07, 6.45) is 1.64. The molecule has 0 spiro atoms. The number of piperidine rings is 1. The van der Waals surface area contributed by atoms with Gasteiger partial charge >= 0.3 is 0 Å². The van der Waals surface area contributed by atoms with E-state index in [0.717, 1.165) is 18.5 Å². The zero-order valence-electron chi connectivity index (χ0n) is 12.1. The number of anilines is 1. The molecule has 2 aromatic rings. The number of rotatable bonds is 3. The normalized spacial score (nSPS) is 18.0. The Hall–Kier alpha value is -2.21. The summed E-state index contributed by atoms with van der Waals surface area (Å²) in [7, 11) is 0. The standard InChI is InChI=1S/C16H17N3O2S/c20-15(18-13-6-2-1-3-7-13)12-5-4-8-19(9-12)16(21)14-10-22-11-17-14/h1-3,6-7,10-12H,4-5,8-9H2,(H,18,20)/t12-/m0/s1. The highest BCUT2D eigenvalue weighted by Gasteiger charge is 2.29. The van der Waals surface area contributed by atoms with Crippen molar-refractivity contribution < 1.29 is 9.59 Å². The van der Waals surface area contributed by atoms with Crippen LogP contribution in [0.1, 0.15) is 23.3 Å². The number of nitrogens with zero attached hydrogens (tertiary/aromatic N) is 2. The Morgan fingerprint density at radius 3 is 2.82 bits per heavy atom. The fourth-order valence-electron chi connectivity index (χ4n) is 2.62. The van der Waals surface area contributed by atoms with E-state index in [-0.39, 0.29) is 17.7 Å². The second-order valence-electron chi connectivity index (χ2n) is 5.32. The smallest absolute Gasteiger partial charge is 0.273 e. The first kappa shape index (κ1) is 14.7. The van der Waals surface area contributed by atoms with Gasteiger partial charge < -0.3 is 10.2 Å². The van der Waals surface area contributed by atoms with Crippen molar-refractivity contribution in [1.29, 1.82) is 0 Å². The maximum atomic E-state index is 12.4. The van der Waals surface area contributed by atoms with Crippen LogP contribution in [-0.4, -0.2) is 34.8 Å². The number of likely N-dealkylation sites (tertiary alicyclic amines) is 1. The summed E-state index contributed by atoms with van der Waals surface area (Å²) >= 11 is 1.40. The van der Waals surface area contributed by atoms with E-state index in [9.17, 15) is 9.59 Å². The molecule has 1 aliphatic heterocycles. The number of aromatic nitrogens is 1. The van der Waals surface area contributed by atoms with Gasteiger partial charge in [-0.1, -0.05) is 18.2 Å². The first-order valence-corrected chi connectivity index (χ1v) is 8.21. The average molecular weight is 315 g/mol. The van der Waals surface area contributed by atoms with Crippen molar-refractivity contribution in [3.63, 3.8) is 0 Å². The zero-order chi connectivity index (χ0) is 15.4. The third-order valence-corrected chi connectivity index (χ3v) is 4.36. The maximum absolute atomic E-state index is 12.4. The highest BCUT2D eigenvalue weighted by atomic mass is 32.1. The Labute approximate surface area is 133 Å². The average Bonchev–Trinajstić information content (AvgIpc) is 3.09. The van der Waals surface area contributed by atoms with E-state index in [1.54, 1.807) is 15.8 Å². The molecule has 1 saturated heterocycles. The molecule has 1 aromatic carbocycles. The van der Waals surface area contributed by atoms with E-state index in [4.69, 9.17) is 0 Å². The van der Waals surface area contributed by atoms with E-state index in [1.807, 2.05) is 30.3 Å². The predicted octanol–water partition coefficient (Wildman–Crippen LogP) is 2.63. The van der Waals surface area contributed by atoms with Crippen LogP contribution in [0.4, 0.5) is 5.69 Å². The van der Waals surface area contributed by atoms with Crippen LogP contribution in [-0.2, 0) is 4.79 Å². The van der Waals surface area contributed by atoms with E-state index in [1.165, 1.54) is 11.3 Å². The van der Waals surface area contributed by atoms with E-state index in [0.29, 0.717) is 18.8 Å². The van der Waals surface area contributed by atoms with Crippen LogP contribution >= 0.6 is 11.3 Å². The third kappa shape index (κ3) is 3.33. The number of amides is 2. The molecule has 1 atom stereocenters. The molecule has 114 valence electrons. The molecule has 5 nitrogen and oxygen atoms in total. The summed E-state index contributed by atoms with van der Waals surface area (Å²) in [6.45, 7) is 1.14. The summed E-state index contributed by atoms with van der Waals surface area (Å²) in [5, 5.41) is 4.66. The van der Waals surface area contributed by atoms with Gasteiger partial charge in [0.05, 0.1) is 11.4 Å². The van der Waals surface area contributed by atoms with Crippen LogP contribution in [0.25, 0.3) is 0 Å². The quantitative estimate of drug-likeness (QED) is 0.947. The Kier molecular flexibility index (Phi) is 4.48. The molecule has 2 heterocycles. The minimum Gasteiger partial charge on any atom is -0.336 e. The van der Waals surface area contributed by atoms with Crippen LogP contribution in [0.5, 0.6) is 0 Å². The first-order chi connectivity index (χ1) is 10.7. The predicted molar refractivity (Wildman–Crippen MR) is 85.8 cm³/mol. The van der Waals surface area contributed by atoms with Crippen molar-refractivity contribution in [2.75, 3.05) is 18.4 Å². The van der Waals surface area contributed by atoms with Crippen molar-refractivity contribution in [3.05, 3.63) is 46.9 Å². The Morgan fingerprint density at radius 2 is 2.09 bits per heavy atom. The first-order valence-electron chi connectivity index (χ1n) is 7.27. The summed E-state index contributed by atoms with van der Waals surface area (Å²) in [5.74, 6) is -0.281. The fourth-order valence-corrected chi connectivity index (χ4v) is 3.15. The van der Waals surface area contributed by atoms with Gasteiger partial charge in [0, 0.05) is 24.2 Å². The Morgan fingerprint density at radius 1 is 1.27 bits per heavy atom. The van der Waals surface area contributed by atoms with Crippen molar-refractivity contribution in [2.24, 2.45) is 5.92 Å². The largest absolute Gasteiger partial charge is 0.336 e. The molecule has 1 fully saturated rings. The van der Waals surface area contributed by atoms with Gasteiger partial charge in [-0.2, -0.15) is 0 Å². The van der Waals surface area contributed by atoms with Crippen LogP contribution in [0, 0.1) is 5.92 Å². The molecule has 0 bridgehead atoms. The molecule has 0 unspecified atom stereocenters. The van der Waals surface area contributed by atoms with Gasteiger partial charge in [0.1, 0.15) is 5.69 Å². The van der Waals surface area contributed by atoms with Crippen molar-refractivity contribution in [2.45, 2.75) is 12.8 Å². The maximum Gasteiger partial charge on any atom is 0.273 e. The second-order valence-corrected chi connectivity index (χ2v) is 6.04. The molecule has 0 saturated carbocycles. The minimum absolute atomic E-state index is 0.0259. The lowest BCUT2D eigenvalue weighted by atomic mass is 9.96. The van der Waals surface area contributed by atoms with Gasteiger partial charge in [-0.05, 0) is 25.0 Å². The molecule has 22 heavy (non-hydrogen) atoms. The highest BCUT2D eigenvalue weighted by molar-refractivity contribution is 7.07. The highest BCUT2D eigenvalue weighted by Crippen LogP contribution is 2.20. The van der Waals surface area contributed by atoms with Gasteiger partial charge in [-0.15, -0.1) is 11.3 Å². The topological polar surface area (TPSA) is 62.3 Å². The molecular weight excluding hydrogens is 298 g/mol. The number of hydrogen-bond acceptors (Lipinski definition) is 4. The number of para-hydroxylation sites is 1. The second kappa shape index (κ2) is 6.70. The van der Waals surface area contributed by atoms with Gasteiger partial charge in [0.2, 0.25) is 5.91 Å². The van der Waals surface area contributed by atoms with Gasteiger partial charge in [-0.25, -0.2) is 4.98 Å². The molecule has 1 aromatic heterocycles. The molecule has 3 rings (SSSR count). The van der Waals surface area contributed by atoms with Crippen LogP contribution in [0.15, 0.2) is 41.2 Å².